The quantitative estimate of drug-likeness (QED) is 0.678. The molecule has 80 valence electrons. The molecule has 16 heavy (non-hydrogen) atoms. The number of hydrogen-bond donors (Lipinski definition) is 0. The van der Waals surface area contributed by atoms with E-state index in [0.717, 1.165) is 34.8 Å². The molecule has 2 heterocycles. The van der Waals surface area contributed by atoms with Crippen LogP contribution in [0.15, 0.2) is 12.1 Å². The maximum absolute atomic E-state index is 13.1. The molecule has 0 saturated heterocycles. The van der Waals surface area contributed by atoms with Crippen LogP contribution >= 0.6 is 22.7 Å². The van der Waals surface area contributed by atoms with Crippen molar-refractivity contribution >= 4 is 34.2 Å². The normalized spacial score (nSPS) is 13.9. The molecule has 0 unspecified atom stereocenters. The predicted molar refractivity (Wildman–Crippen MR) is 56.2 cm³/mol. The van der Waals surface area contributed by atoms with Crippen LogP contribution in [0.5, 0.6) is 0 Å². The highest BCUT2D eigenvalue weighted by molar-refractivity contribution is 7.21. The van der Waals surface area contributed by atoms with Crippen molar-refractivity contribution < 1.29 is 18.4 Å². The van der Waals surface area contributed by atoms with Crippen molar-refractivity contribution in [3.8, 4) is 9.75 Å². The molecule has 0 bridgehead atoms. The van der Waals surface area contributed by atoms with Crippen LogP contribution in [0.4, 0.5) is 8.78 Å². The van der Waals surface area contributed by atoms with Crippen LogP contribution in [-0.4, -0.2) is 11.6 Å². The fourth-order valence-corrected chi connectivity index (χ4v) is 3.56. The van der Waals surface area contributed by atoms with Crippen molar-refractivity contribution in [3.63, 3.8) is 0 Å². The molecule has 2 nitrogen and oxygen atoms in total. The SMILES string of the molecule is O=C1C(=O)c2cc(F)sc2-c2sc(F)cc21. The highest BCUT2D eigenvalue weighted by Crippen LogP contribution is 2.43. The first kappa shape index (κ1) is 9.80. The van der Waals surface area contributed by atoms with Gasteiger partial charge < -0.3 is 0 Å². The zero-order valence-electron chi connectivity index (χ0n) is 7.54. The molecule has 2 aromatic heterocycles. The Morgan fingerprint density at radius 2 is 1.19 bits per heavy atom. The van der Waals surface area contributed by atoms with Crippen molar-refractivity contribution in [2.45, 2.75) is 0 Å². The summed E-state index contributed by atoms with van der Waals surface area (Å²) in [6.07, 6.45) is 0. The third kappa shape index (κ3) is 1.14. The zero-order valence-corrected chi connectivity index (χ0v) is 9.18. The summed E-state index contributed by atoms with van der Waals surface area (Å²) < 4.78 is 26.1. The Balaban J connectivity index is 2.40. The van der Waals surface area contributed by atoms with Gasteiger partial charge in [-0.25, -0.2) is 0 Å². The molecular formula is C10H2F2O2S2. The number of carbonyl (C=O) groups excluding carboxylic acids is 2. The van der Waals surface area contributed by atoms with Crippen LogP contribution in [0.25, 0.3) is 9.75 Å². The van der Waals surface area contributed by atoms with Crippen molar-refractivity contribution in [2.24, 2.45) is 0 Å². The molecule has 0 N–H and O–H groups in total. The van der Waals surface area contributed by atoms with Gasteiger partial charge in [-0.1, -0.05) is 0 Å². The van der Waals surface area contributed by atoms with E-state index in [4.69, 9.17) is 0 Å². The molecule has 0 fully saturated rings. The number of rotatable bonds is 0. The number of fused-ring (bicyclic) bond motifs is 3. The van der Waals surface area contributed by atoms with Crippen LogP contribution < -0.4 is 0 Å². The van der Waals surface area contributed by atoms with Crippen molar-refractivity contribution in [1.82, 2.24) is 0 Å². The molecule has 1 aliphatic rings. The van der Waals surface area contributed by atoms with E-state index in [1.165, 1.54) is 0 Å². The lowest BCUT2D eigenvalue weighted by Crippen LogP contribution is -2.18. The first-order chi connectivity index (χ1) is 7.58. The summed E-state index contributed by atoms with van der Waals surface area (Å²) in [5.41, 5.74) is 0.0868. The monoisotopic (exact) mass is 256 g/mol. The van der Waals surface area contributed by atoms with Gasteiger partial charge in [-0.15, -0.1) is 22.7 Å². The van der Waals surface area contributed by atoms with Gasteiger partial charge in [-0.3, -0.25) is 9.59 Å². The summed E-state index contributed by atoms with van der Waals surface area (Å²) in [5, 5.41) is -1.10. The lowest BCUT2D eigenvalue weighted by atomic mass is 9.96. The number of ketones is 2. The summed E-state index contributed by atoms with van der Waals surface area (Å²) in [6.45, 7) is 0. The van der Waals surface area contributed by atoms with Crippen molar-refractivity contribution in [3.05, 3.63) is 33.5 Å². The number of carbonyl (C=O) groups is 2. The Morgan fingerprint density at radius 3 is 1.56 bits per heavy atom. The topological polar surface area (TPSA) is 34.1 Å². The minimum absolute atomic E-state index is 0.0434. The molecule has 0 radical (unpaired) electrons. The fraction of sp³-hybridized carbons (Fsp3) is 0. The van der Waals surface area contributed by atoms with Crippen LogP contribution in [0.1, 0.15) is 20.7 Å². The molecule has 3 rings (SSSR count). The molecule has 0 aliphatic heterocycles. The molecule has 0 saturated carbocycles. The maximum Gasteiger partial charge on any atom is 0.235 e. The summed E-state index contributed by atoms with van der Waals surface area (Å²) >= 11 is 1.51. The Bertz CT molecular complexity index is 583. The molecule has 1 aliphatic carbocycles. The second-order valence-electron chi connectivity index (χ2n) is 3.24. The molecule has 2 aromatic rings. The minimum Gasteiger partial charge on any atom is -0.285 e. The Kier molecular flexibility index (Phi) is 1.87. The first-order valence-electron chi connectivity index (χ1n) is 4.26. The van der Waals surface area contributed by atoms with Crippen molar-refractivity contribution in [1.29, 1.82) is 0 Å². The van der Waals surface area contributed by atoms with E-state index in [9.17, 15) is 18.4 Å². The average Bonchev–Trinajstić information content (AvgIpc) is 2.78. The summed E-state index contributed by atoms with van der Waals surface area (Å²) in [5.74, 6) is -1.53. The standard InChI is InChI=1S/C10H2F2O2S2/c11-5-1-3-7(13)8(14)4-2-6(12)16-10(4)9(3)15-5/h1-2H. The Morgan fingerprint density at radius 1 is 0.812 bits per heavy atom. The van der Waals surface area contributed by atoms with E-state index >= 15 is 0 Å². The number of hydrogen-bond acceptors (Lipinski definition) is 4. The van der Waals surface area contributed by atoms with Crippen LogP contribution in [0.3, 0.4) is 0 Å². The lowest BCUT2D eigenvalue weighted by Gasteiger charge is -2.08. The molecule has 6 heteroatoms. The summed E-state index contributed by atoms with van der Waals surface area (Å²) in [4.78, 5) is 23.9. The van der Waals surface area contributed by atoms with Crippen molar-refractivity contribution in [2.75, 3.05) is 0 Å². The summed E-state index contributed by atoms with van der Waals surface area (Å²) in [6, 6.07) is 2.06. The van der Waals surface area contributed by atoms with Gasteiger partial charge in [0.2, 0.25) is 11.6 Å². The zero-order chi connectivity index (χ0) is 11.4. The van der Waals surface area contributed by atoms with Gasteiger partial charge in [-0.2, -0.15) is 8.78 Å². The second-order valence-corrected chi connectivity index (χ2v) is 5.25. The first-order valence-corrected chi connectivity index (χ1v) is 5.89. The van der Waals surface area contributed by atoms with Crippen LogP contribution in [0.2, 0.25) is 0 Å². The van der Waals surface area contributed by atoms with Gasteiger partial charge in [0.15, 0.2) is 10.3 Å². The lowest BCUT2D eigenvalue weighted by molar-refractivity contribution is 0.0816. The fourth-order valence-electron chi connectivity index (χ4n) is 1.64. The van der Waals surface area contributed by atoms with Gasteiger partial charge in [0, 0.05) is 11.1 Å². The average molecular weight is 256 g/mol. The minimum atomic E-state index is -0.763. The molecular weight excluding hydrogens is 254 g/mol. The molecule has 0 amide bonds. The van der Waals surface area contributed by atoms with E-state index in [1.807, 2.05) is 0 Å². The molecule has 0 spiro atoms. The number of thiophene rings is 2. The van der Waals surface area contributed by atoms with E-state index < -0.39 is 21.8 Å². The van der Waals surface area contributed by atoms with Gasteiger partial charge in [-0.05, 0) is 12.1 Å². The largest absolute Gasteiger partial charge is 0.285 e. The molecule has 0 atom stereocenters. The van der Waals surface area contributed by atoms with E-state index in [1.54, 1.807) is 0 Å². The number of Topliss-reactive ketones (excluding diaryl/α,β-unsaturated/α-hetero) is 2. The van der Waals surface area contributed by atoms with Gasteiger partial charge in [0.05, 0.1) is 9.75 Å². The predicted octanol–water partition coefficient (Wildman–Crippen LogP) is 3.13. The van der Waals surface area contributed by atoms with E-state index in [2.05, 4.69) is 0 Å². The second kappa shape index (κ2) is 3.05. The third-order valence-corrected chi connectivity index (χ3v) is 4.32. The van der Waals surface area contributed by atoms with Gasteiger partial charge in [0.25, 0.3) is 0 Å². The Hall–Kier alpha value is -1.40. The van der Waals surface area contributed by atoms with Crippen LogP contribution in [0, 0.1) is 10.3 Å². The van der Waals surface area contributed by atoms with E-state index in [-0.39, 0.29) is 11.1 Å². The van der Waals surface area contributed by atoms with Gasteiger partial charge >= 0.3 is 0 Å². The number of halogens is 2. The van der Waals surface area contributed by atoms with E-state index in [0.29, 0.717) is 9.75 Å². The molecule has 0 aromatic carbocycles. The van der Waals surface area contributed by atoms with Gasteiger partial charge in [0.1, 0.15) is 0 Å². The third-order valence-electron chi connectivity index (χ3n) is 2.31. The summed E-state index contributed by atoms with van der Waals surface area (Å²) in [7, 11) is 0. The smallest absolute Gasteiger partial charge is 0.235 e. The highest BCUT2D eigenvalue weighted by atomic mass is 32.1. The van der Waals surface area contributed by atoms with Crippen LogP contribution in [-0.2, 0) is 0 Å². The highest BCUT2D eigenvalue weighted by Gasteiger charge is 2.34. The maximum atomic E-state index is 13.1. The Labute approximate surface area is 96.1 Å².